The highest BCUT2D eigenvalue weighted by molar-refractivity contribution is 7.13. The number of hydrogen-bond donors (Lipinski definition) is 1. The van der Waals surface area contributed by atoms with Crippen molar-refractivity contribution in [3.63, 3.8) is 0 Å². The molecule has 3 aromatic rings. The second kappa shape index (κ2) is 8.58. The number of carbonyl (C=O) groups is 2. The molecule has 0 atom stereocenters. The summed E-state index contributed by atoms with van der Waals surface area (Å²) < 4.78 is 29.4. The normalized spacial score (nSPS) is 13.9. The fourth-order valence-electron chi connectivity index (χ4n) is 3.93. The first-order valence-corrected chi connectivity index (χ1v) is 10.9. The van der Waals surface area contributed by atoms with Crippen molar-refractivity contribution in [3.8, 4) is 22.0 Å². The van der Waals surface area contributed by atoms with Crippen molar-refractivity contribution in [2.45, 2.75) is 32.7 Å². The third kappa shape index (κ3) is 4.23. The maximum Gasteiger partial charge on any atom is 0.250 e. The molecule has 2 aromatic heterocycles. The Balaban J connectivity index is 1.63. The molecule has 9 heteroatoms. The number of rotatable bonds is 7. The molecule has 1 fully saturated rings. The van der Waals surface area contributed by atoms with Gasteiger partial charge in [0.1, 0.15) is 16.6 Å². The van der Waals surface area contributed by atoms with Gasteiger partial charge >= 0.3 is 0 Å². The first kappa shape index (κ1) is 21.2. The maximum absolute atomic E-state index is 14.2. The molecule has 0 unspecified atom stereocenters. The van der Waals surface area contributed by atoms with E-state index in [1.165, 1.54) is 23.5 Å². The predicted molar refractivity (Wildman–Crippen MR) is 115 cm³/mol. The molecule has 0 saturated carbocycles. The van der Waals surface area contributed by atoms with Crippen molar-refractivity contribution < 1.29 is 18.4 Å². The van der Waals surface area contributed by atoms with Gasteiger partial charge in [0.15, 0.2) is 0 Å². The van der Waals surface area contributed by atoms with E-state index in [0.29, 0.717) is 41.5 Å². The molecule has 0 bridgehead atoms. The Kier molecular flexibility index (Phi) is 5.86. The molecule has 0 aliphatic carbocycles. The monoisotopic (exact) mass is 444 g/mol. The fourth-order valence-corrected chi connectivity index (χ4v) is 4.77. The van der Waals surface area contributed by atoms with Gasteiger partial charge in [0.25, 0.3) is 5.91 Å². The molecule has 31 heavy (non-hydrogen) atoms. The molecule has 3 heterocycles. The van der Waals surface area contributed by atoms with E-state index in [1.807, 2.05) is 16.4 Å². The second-order valence-corrected chi connectivity index (χ2v) is 8.40. The number of amides is 2. The summed E-state index contributed by atoms with van der Waals surface area (Å²) in [5.41, 5.74) is 8.16. The number of halogens is 2. The van der Waals surface area contributed by atoms with Gasteiger partial charge in [-0.1, -0.05) is 0 Å². The van der Waals surface area contributed by atoms with Crippen LogP contribution in [-0.4, -0.2) is 39.4 Å². The van der Waals surface area contributed by atoms with Gasteiger partial charge in [0, 0.05) is 48.8 Å². The standard InChI is InChI=1S/C22H22F2N4O2S/c1-13-16(21(25)30)11-19(28(13)9-3-8-27-7-2-4-20(27)29)18-12-31-22(26-18)15-6-5-14(23)10-17(15)24/h5-6,10-12H,2-4,7-9H2,1H3,(H2,25,30). The average Bonchev–Trinajstić information content (AvgIpc) is 3.42. The SMILES string of the molecule is Cc1c(C(N)=O)cc(-c2csc(-c3ccc(F)cc3F)n2)n1CCCN1CCCC1=O. The van der Waals surface area contributed by atoms with E-state index in [4.69, 9.17) is 5.73 Å². The largest absolute Gasteiger partial charge is 0.366 e. The minimum atomic E-state index is -0.680. The highest BCUT2D eigenvalue weighted by atomic mass is 32.1. The lowest BCUT2D eigenvalue weighted by Gasteiger charge is -2.17. The van der Waals surface area contributed by atoms with Crippen LogP contribution in [0.15, 0.2) is 29.6 Å². The van der Waals surface area contributed by atoms with E-state index in [9.17, 15) is 18.4 Å². The van der Waals surface area contributed by atoms with Crippen LogP contribution in [0, 0.1) is 18.6 Å². The lowest BCUT2D eigenvalue weighted by atomic mass is 10.2. The van der Waals surface area contributed by atoms with E-state index >= 15 is 0 Å². The minimum absolute atomic E-state index is 0.174. The summed E-state index contributed by atoms with van der Waals surface area (Å²) in [7, 11) is 0. The van der Waals surface area contributed by atoms with Gasteiger partial charge in [0.05, 0.1) is 17.0 Å². The quantitative estimate of drug-likeness (QED) is 0.599. The molecule has 1 aliphatic heterocycles. The second-order valence-electron chi connectivity index (χ2n) is 7.54. The topological polar surface area (TPSA) is 81.2 Å². The summed E-state index contributed by atoms with van der Waals surface area (Å²) in [4.78, 5) is 30.1. The van der Waals surface area contributed by atoms with E-state index in [2.05, 4.69) is 4.98 Å². The Labute approximate surface area is 182 Å². The van der Waals surface area contributed by atoms with Crippen LogP contribution in [0.3, 0.4) is 0 Å². The number of benzene rings is 1. The summed E-state index contributed by atoms with van der Waals surface area (Å²) >= 11 is 1.24. The van der Waals surface area contributed by atoms with E-state index in [-0.39, 0.29) is 11.5 Å². The van der Waals surface area contributed by atoms with Gasteiger partial charge < -0.3 is 15.2 Å². The van der Waals surface area contributed by atoms with E-state index in [1.54, 1.807) is 11.4 Å². The van der Waals surface area contributed by atoms with Crippen LogP contribution in [0.5, 0.6) is 0 Å². The van der Waals surface area contributed by atoms with Gasteiger partial charge in [-0.2, -0.15) is 0 Å². The lowest BCUT2D eigenvalue weighted by Crippen LogP contribution is -2.26. The third-order valence-corrected chi connectivity index (χ3v) is 6.42. The van der Waals surface area contributed by atoms with Crippen molar-refractivity contribution in [1.29, 1.82) is 0 Å². The summed E-state index contributed by atoms with van der Waals surface area (Å²) in [6, 6.07) is 5.07. The molecule has 0 spiro atoms. The zero-order valence-corrected chi connectivity index (χ0v) is 17.8. The number of likely N-dealkylation sites (tertiary alicyclic amines) is 1. The van der Waals surface area contributed by atoms with Gasteiger partial charge in [-0.25, -0.2) is 13.8 Å². The van der Waals surface area contributed by atoms with Gasteiger partial charge in [-0.15, -0.1) is 11.3 Å². The average molecular weight is 445 g/mol. The molecule has 2 amide bonds. The fraction of sp³-hybridized carbons (Fsp3) is 0.318. The number of hydrogen-bond acceptors (Lipinski definition) is 4. The molecule has 4 rings (SSSR count). The summed E-state index contributed by atoms with van der Waals surface area (Å²) in [6.45, 7) is 3.82. The van der Waals surface area contributed by atoms with Crippen LogP contribution in [0.4, 0.5) is 8.78 Å². The summed E-state index contributed by atoms with van der Waals surface area (Å²) in [5.74, 6) is -1.69. The summed E-state index contributed by atoms with van der Waals surface area (Å²) in [5, 5.41) is 2.19. The van der Waals surface area contributed by atoms with E-state index in [0.717, 1.165) is 31.1 Å². The zero-order valence-electron chi connectivity index (χ0n) is 17.0. The molecule has 1 aromatic carbocycles. The number of nitrogens with zero attached hydrogens (tertiary/aromatic N) is 3. The Morgan fingerprint density at radius 3 is 2.74 bits per heavy atom. The number of primary amides is 1. The highest BCUT2D eigenvalue weighted by Crippen LogP contribution is 2.33. The van der Waals surface area contributed by atoms with Crippen molar-refractivity contribution in [2.24, 2.45) is 5.73 Å². The van der Waals surface area contributed by atoms with Crippen LogP contribution in [-0.2, 0) is 11.3 Å². The van der Waals surface area contributed by atoms with Crippen molar-refractivity contribution in [3.05, 3.63) is 52.5 Å². The lowest BCUT2D eigenvalue weighted by molar-refractivity contribution is -0.127. The van der Waals surface area contributed by atoms with Crippen molar-refractivity contribution in [1.82, 2.24) is 14.5 Å². The molecule has 6 nitrogen and oxygen atoms in total. The Hall–Kier alpha value is -3.07. The molecule has 1 aliphatic rings. The number of thiazole rings is 1. The highest BCUT2D eigenvalue weighted by Gasteiger charge is 2.22. The molecule has 2 N–H and O–H groups in total. The van der Waals surface area contributed by atoms with Crippen LogP contribution in [0.2, 0.25) is 0 Å². The number of carbonyl (C=O) groups excluding carboxylic acids is 2. The molecule has 1 saturated heterocycles. The molecule has 162 valence electrons. The molecule has 0 radical (unpaired) electrons. The first-order chi connectivity index (χ1) is 14.8. The Morgan fingerprint density at radius 2 is 2.06 bits per heavy atom. The van der Waals surface area contributed by atoms with Crippen LogP contribution in [0.25, 0.3) is 22.0 Å². The smallest absolute Gasteiger partial charge is 0.250 e. The maximum atomic E-state index is 14.2. The van der Waals surface area contributed by atoms with Crippen molar-refractivity contribution in [2.75, 3.05) is 13.1 Å². The first-order valence-electron chi connectivity index (χ1n) is 10.0. The molecular formula is C22H22F2N4O2S. The third-order valence-electron chi connectivity index (χ3n) is 5.54. The minimum Gasteiger partial charge on any atom is -0.366 e. The van der Waals surface area contributed by atoms with Crippen LogP contribution in [0.1, 0.15) is 35.3 Å². The molecular weight excluding hydrogens is 422 g/mol. The Morgan fingerprint density at radius 1 is 1.26 bits per heavy atom. The van der Waals surface area contributed by atoms with Gasteiger partial charge in [-0.3, -0.25) is 9.59 Å². The van der Waals surface area contributed by atoms with Crippen LogP contribution >= 0.6 is 11.3 Å². The number of nitrogens with two attached hydrogens (primary N) is 1. The van der Waals surface area contributed by atoms with Crippen molar-refractivity contribution >= 4 is 23.2 Å². The van der Waals surface area contributed by atoms with Crippen LogP contribution < -0.4 is 5.73 Å². The van der Waals surface area contributed by atoms with E-state index < -0.39 is 17.5 Å². The zero-order chi connectivity index (χ0) is 22.1. The van der Waals surface area contributed by atoms with Gasteiger partial charge in [0.2, 0.25) is 5.91 Å². The Bertz CT molecular complexity index is 1150. The number of aromatic nitrogens is 2. The van der Waals surface area contributed by atoms with Gasteiger partial charge in [-0.05, 0) is 38.0 Å². The predicted octanol–water partition coefficient (Wildman–Crippen LogP) is 3.98. The summed E-state index contributed by atoms with van der Waals surface area (Å²) in [6.07, 6.45) is 2.21.